The molecule has 0 heterocycles. The van der Waals surface area contributed by atoms with Crippen LogP contribution in [0.1, 0.15) is 25.8 Å². The summed E-state index contributed by atoms with van der Waals surface area (Å²) in [7, 11) is 0. The summed E-state index contributed by atoms with van der Waals surface area (Å²) in [6.07, 6.45) is 1.27. The number of rotatable bonds is 6. The molecule has 1 aromatic carbocycles. The molecule has 0 spiro atoms. The van der Waals surface area contributed by atoms with Crippen LogP contribution < -0.4 is 10.1 Å². The van der Waals surface area contributed by atoms with Crippen LogP contribution in [0.3, 0.4) is 0 Å². The molecule has 0 saturated carbocycles. The molecule has 90 valence electrons. The lowest BCUT2D eigenvalue weighted by atomic mass is 10.2. The first kappa shape index (κ1) is 13.3. The molecule has 0 saturated heterocycles. The van der Waals surface area contributed by atoms with Gasteiger partial charge in [0.25, 0.3) is 0 Å². The molecule has 16 heavy (non-hydrogen) atoms. The Hall–Kier alpha value is -0.730. The quantitative estimate of drug-likeness (QED) is 0.771. The Labute approximate surface area is 103 Å². The van der Waals surface area contributed by atoms with Crippen molar-refractivity contribution in [2.24, 2.45) is 0 Å². The van der Waals surface area contributed by atoms with Crippen molar-refractivity contribution in [3.63, 3.8) is 0 Å². The molecule has 1 rings (SSSR count). The third kappa shape index (κ3) is 4.42. The summed E-state index contributed by atoms with van der Waals surface area (Å²) in [5.41, 5.74) is 1.16. The molecule has 0 fully saturated rings. The van der Waals surface area contributed by atoms with E-state index in [2.05, 4.69) is 12.2 Å². The van der Waals surface area contributed by atoms with Gasteiger partial charge in [-0.25, -0.2) is 0 Å². The first-order chi connectivity index (χ1) is 7.63. The van der Waals surface area contributed by atoms with Crippen molar-refractivity contribution >= 4 is 11.6 Å². The molecule has 0 aromatic heterocycles. The van der Waals surface area contributed by atoms with Gasteiger partial charge in [0.2, 0.25) is 0 Å². The van der Waals surface area contributed by atoms with Crippen LogP contribution in [0.25, 0.3) is 0 Å². The Morgan fingerprint density at radius 2 is 2.19 bits per heavy atom. The van der Waals surface area contributed by atoms with Crippen molar-refractivity contribution in [3.05, 3.63) is 28.8 Å². The Kier molecular flexibility index (Phi) is 5.64. The van der Waals surface area contributed by atoms with Gasteiger partial charge in [0, 0.05) is 6.54 Å². The van der Waals surface area contributed by atoms with Crippen LogP contribution in [0.2, 0.25) is 5.02 Å². The first-order valence-corrected chi connectivity index (χ1v) is 6.14. The highest BCUT2D eigenvalue weighted by Gasteiger charge is 2.07. The summed E-state index contributed by atoms with van der Waals surface area (Å²) in [4.78, 5) is 0. The van der Waals surface area contributed by atoms with Crippen molar-refractivity contribution in [2.75, 3.05) is 13.1 Å². The van der Waals surface area contributed by atoms with Crippen molar-refractivity contribution < 1.29 is 4.74 Å². The molecule has 0 aliphatic rings. The largest absolute Gasteiger partial charge is 0.488 e. The zero-order valence-electron chi connectivity index (χ0n) is 10.2. The number of halogens is 1. The fourth-order valence-corrected chi connectivity index (χ4v) is 1.60. The average Bonchev–Trinajstić information content (AvgIpc) is 2.24. The van der Waals surface area contributed by atoms with Crippen LogP contribution in [0, 0.1) is 6.92 Å². The second-order valence-corrected chi connectivity index (χ2v) is 4.47. The molecule has 1 N–H and O–H groups in total. The van der Waals surface area contributed by atoms with Crippen LogP contribution in [0.5, 0.6) is 5.75 Å². The zero-order valence-corrected chi connectivity index (χ0v) is 11.0. The standard InChI is InChI=1S/C13H20ClNO/c1-4-7-15-9-11(3)16-13-8-10(2)5-6-12(13)14/h5-6,8,11,15H,4,7,9H2,1-3H3. The van der Waals surface area contributed by atoms with Crippen LogP contribution in [-0.2, 0) is 0 Å². The van der Waals surface area contributed by atoms with Crippen molar-refractivity contribution in [2.45, 2.75) is 33.3 Å². The van der Waals surface area contributed by atoms with Gasteiger partial charge >= 0.3 is 0 Å². The van der Waals surface area contributed by atoms with E-state index >= 15 is 0 Å². The normalized spacial score (nSPS) is 12.5. The van der Waals surface area contributed by atoms with Crippen LogP contribution in [0.4, 0.5) is 0 Å². The fraction of sp³-hybridized carbons (Fsp3) is 0.538. The van der Waals surface area contributed by atoms with Crippen molar-refractivity contribution in [1.29, 1.82) is 0 Å². The minimum atomic E-state index is 0.130. The first-order valence-electron chi connectivity index (χ1n) is 5.77. The molecular weight excluding hydrogens is 222 g/mol. The third-order valence-corrected chi connectivity index (χ3v) is 2.59. The molecule has 0 radical (unpaired) electrons. The summed E-state index contributed by atoms with van der Waals surface area (Å²) in [5, 5.41) is 4.00. The second-order valence-electron chi connectivity index (χ2n) is 4.07. The van der Waals surface area contributed by atoms with Crippen LogP contribution in [-0.4, -0.2) is 19.2 Å². The lowest BCUT2D eigenvalue weighted by Crippen LogP contribution is -2.29. The lowest BCUT2D eigenvalue weighted by molar-refractivity contribution is 0.217. The molecule has 0 aliphatic carbocycles. The minimum Gasteiger partial charge on any atom is -0.488 e. The number of ether oxygens (including phenoxy) is 1. The lowest BCUT2D eigenvalue weighted by Gasteiger charge is -2.16. The Morgan fingerprint density at radius 3 is 2.88 bits per heavy atom. The fourth-order valence-electron chi connectivity index (χ4n) is 1.44. The average molecular weight is 242 g/mol. The van der Waals surface area contributed by atoms with Gasteiger partial charge in [-0.1, -0.05) is 24.6 Å². The maximum absolute atomic E-state index is 6.06. The van der Waals surface area contributed by atoms with Gasteiger partial charge in [-0.3, -0.25) is 0 Å². The number of hydrogen-bond donors (Lipinski definition) is 1. The SMILES string of the molecule is CCCNCC(C)Oc1cc(C)ccc1Cl. The zero-order chi connectivity index (χ0) is 12.0. The number of nitrogens with one attached hydrogen (secondary N) is 1. The number of benzene rings is 1. The van der Waals surface area contributed by atoms with E-state index in [-0.39, 0.29) is 6.10 Å². The van der Waals surface area contributed by atoms with Gasteiger partial charge in [0.1, 0.15) is 11.9 Å². The molecular formula is C13H20ClNO. The molecule has 0 amide bonds. The van der Waals surface area contributed by atoms with E-state index in [1.165, 1.54) is 0 Å². The van der Waals surface area contributed by atoms with E-state index < -0.39 is 0 Å². The summed E-state index contributed by atoms with van der Waals surface area (Å²) >= 11 is 6.06. The summed E-state index contributed by atoms with van der Waals surface area (Å²) in [6, 6.07) is 5.83. The van der Waals surface area contributed by atoms with Crippen molar-refractivity contribution in [1.82, 2.24) is 5.32 Å². The summed E-state index contributed by atoms with van der Waals surface area (Å²) < 4.78 is 5.78. The van der Waals surface area contributed by atoms with E-state index in [0.717, 1.165) is 30.8 Å². The van der Waals surface area contributed by atoms with Gasteiger partial charge < -0.3 is 10.1 Å². The van der Waals surface area contributed by atoms with Gasteiger partial charge in [0.05, 0.1) is 5.02 Å². The van der Waals surface area contributed by atoms with Crippen molar-refractivity contribution in [3.8, 4) is 5.75 Å². The molecule has 2 nitrogen and oxygen atoms in total. The molecule has 0 aliphatic heterocycles. The van der Waals surface area contributed by atoms with Gasteiger partial charge in [-0.15, -0.1) is 0 Å². The Balaban J connectivity index is 2.48. The van der Waals surface area contributed by atoms with E-state index in [1.807, 2.05) is 32.0 Å². The molecule has 0 bridgehead atoms. The number of aryl methyl sites for hydroxylation is 1. The third-order valence-electron chi connectivity index (χ3n) is 2.27. The predicted molar refractivity (Wildman–Crippen MR) is 69.4 cm³/mol. The maximum atomic E-state index is 6.06. The van der Waals surface area contributed by atoms with Gasteiger partial charge in [0.15, 0.2) is 0 Å². The van der Waals surface area contributed by atoms with Gasteiger partial charge in [-0.05, 0) is 44.5 Å². The highest BCUT2D eigenvalue weighted by Crippen LogP contribution is 2.26. The summed E-state index contributed by atoms with van der Waals surface area (Å²) in [6.45, 7) is 8.09. The van der Waals surface area contributed by atoms with Crippen LogP contribution >= 0.6 is 11.6 Å². The smallest absolute Gasteiger partial charge is 0.138 e. The van der Waals surface area contributed by atoms with E-state index in [4.69, 9.17) is 16.3 Å². The monoisotopic (exact) mass is 241 g/mol. The van der Waals surface area contributed by atoms with Gasteiger partial charge in [-0.2, -0.15) is 0 Å². The Morgan fingerprint density at radius 1 is 1.44 bits per heavy atom. The summed E-state index contributed by atoms with van der Waals surface area (Å²) in [5.74, 6) is 0.771. The van der Waals surface area contributed by atoms with E-state index in [9.17, 15) is 0 Å². The van der Waals surface area contributed by atoms with E-state index in [1.54, 1.807) is 0 Å². The molecule has 1 aromatic rings. The predicted octanol–water partition coefficient (Wildman–Crippen LogP) is 3.42. The Bertz CT molecular complexity index is 328. The highest BCUT2D eigenvalue weighted by atomic mass is 35.5. The highest BCUT2D eigenvalue weighted by molar-refractivity contribution is 6.32. The molecule has 3 heteroatoms. The second kappa shape index (κ2) is 6.77. The molecule has 1 atom stereocenters. The van der Waals surface area contributed by atoms with E-state index in [0.29, 0.717) is 5.02 Å². The maximum Gasteiger partial charge on any atom is 0.138 e. The number of hydrogen-bond acceptors (Lipinski definition) is 2. The minimum absolute atomic E-state index is 0.130. The topological polar surface area (TPSA) is 21.3 Å². The molecule has 1 unspecified atom stereocenters. The van der Waals surface area contributed by atoms with Crippen LogP contribution in [0.15, 0.2) is 18.2 Å².